The van der Waals surface area contributed by atoms with Crippen LogP contribution >= 0.6 is 24.0 Å². The number of nitrogens with zero attached hydrogens (tertiary/aromatic N) is 1. The maximum atomic E-state index is 13.6. The predicted molar refractivity (Wildman–Crippen MR) is 78.2 cm³/mol. The maximum absolute atomic E-state index is 13.6. The standard InChI is InChI=1S/C12H14F11NS2/c1-3-5-24(6-4-2)7(25)26-12(22,23)10(17,18)8(13,14)9(15,16)11(19,20)21/h3-6H2,1-2H3. The number of thiocarbonyl (C=S) groups is 1. The average Bonchev–Trinajstić information content (AvgIpc) is 2.44. The van der Waals surface area contributed by atoms with Crippen molar-refractivity contribution in [2.45, 2.75) is 55.9 Å². The van der Waals surface area contributed by atoms with Crippen LogP contribution < -0.4 is 0 Å². The van der Waals surface area contributed by atoms with E-state index in [9.17, 15) is 48.3 Å². The number of thioether (sulfide) groups is 1. The normalized spacial score (nSPS) is 14.5. The smallest absolute Gasteiger partial charge is 0.357 e. The van der Waals surface area contributed by atoms with Gasteiger partial charge in [-0.15, -0.1) is 0 Å². The van der Waals surface area contributed by atoms with Gasteiger partial charge in [-0.25, -0.2) is 0 Å². The van der Waals surface area contributed by atoms with Crippen LogP contribution in [0.5, 0.6) is 0 Å². The minimum atomic E-state index is -7.41. The van der Waals surface area contributed by atoms with Gasteiger partial charge in [0.1, 0.15) is 4.32 Å². The van der Waals surface area contributed by atoms with E-state index in [1.807, 2.05) is 0 Å². The highest BCUT2D eigenvalue weighted by molar-refractivity contribution is 8.23. The number of hydrogen-bond acceptors (Lipinski definition) is 2. The van der Waals surface area contributed by atoms with Gasteiger partial charge in [-0.2, -0.15) is 48.3 Å². The highest BCUT2D eigenvalue weighted by Crippen LogP contribution is 2.59. The summed E-state index contributed by atoms with van der Waals surface area (Å²) in [5, 5.41) is -6.03. The van der Waals surface area contributed by atoms with Crippen LogP contribution in [0.2, 0.25) is 0 Å². The Hall–Kier alpha value is -0.530. The van der Waals surface area contributed by atoms with Crippen molar-refractivity contribution in [1.82, 2.24) is 4.90 Å². The van der Waals surface area contributed by atoms with E-state index >= 15 is 0 Å². The zero-order valence-corrected chi connectivity index (χ0v) is 14.9. The molecule has 0 unspecified atom stereocenters. The average molecular weight is 445 g/mol. The van der Waals surface area contributed by atoms with Gasteiger partial charge >= 0.3 is 29.2 Å². The van der Waals surface area contributed by atoms with Crippen molar-refractivity contribution >= 4 is 28.3 Å². The third kappa shape index (κ3) is 4.65. The van der Waals surface area contributed by atoms with E-state index in [0.717, 1.165) is 4.90 Å². The van der Waals surface area contributed by atoms with E-state index in [2.05, 4.69) is 12.2 Å². The molecule has 0 fully saturated rings. The summed E-state index contributed by atoms with van der Waals surface area (Å²) in [5.41, 5.74) is 0. The Labute approximate surface area is 151 Å². The highest BCUT2D eigenvalue weighted by atomic mass is 32.2. The molecule has 14 heteroatoms. The first-order chi connectivity index (χ1) is 11.4. The van der Waals surface area contributed by atoms with Crippen LogP contribution in [0.3, 0.4) is 0 Å². The summed E-state index contributed by atoms with van der Waals surface area (Å²) < 4.78 is 141. The van der Waals surface area contributed by atoms with Gasteiger partial charge in [-0.1, -0.05) is 26.1 Å². The topological polar surface area (TPSA) is 3.24 Å². The molecule has 0 bridgehead atoms. The molecular formula is C12H14F11NS2. The second-order valence-electron chi connectivity index (χ2n) is 5.09. The largest absolute Gasteiger partial charge is 0.460 e. The van der Waals surface area contributed by atoms with E-state index < -0.39 is 45.3 Å². The van der Waals surface area contributed by atoms with Crippen LogP contribution in [0, 0.1) is 0 Å². The Kier molecular flexibility index (Phi) is 8.06. The summed E-state index contributed by atoms with van der Waals surface area (Å²) >= 11 is 3.08. The molecule has 0 heterocycles. The SMILES string of the molecule is CCCN(CCC)C(=S)SC(F)(F)C(F)(F)C(F)(F)C(F)(F)C(F)(F)F. The maximum Gasteiger partial charge on any atom is 0.460 e. The first-order valence-corrected chi connectivity index (χ1v) is 8.19. The Morgan fingerprint density at radius 1 is 0.731 bits per heavy atom. The number of halogens is 11. The quantitative estimate of drug-likeness (QED) is 0.324. The molecule has 0 N–H and O–H groups in total. The van der Waals surface area contributed by atoms with Crippen molar-refractivity contribution in [3.8, 4) is 0 Å². The lowest BCUT2D eigenvalue weighted by atomic mass is 10.0. The Bertz CT molecular complexity index is 484. The molecule has 0 spiro atoms. The van der Waals surface area contributed by atoms with Gasteiger partial charge in [0.2, 0.25) is 0 Å². The van der Waals surface area contributed by atoms with Crippen molar-refractivity contribution in [3.05, 3.63) is 0 Å². The molecule has 0 saturated heterocycles. The van der Waals surface area contributed by atoms with Crippen molar-refractivity contribution < 1.29 is 48.3 Å². The molecule has 0 aliphatic heterocycles. The van der Waals surface area contributed by atoms with Crippen LogP contribution in [0.4, 0.5) is 48.3 Å². The molecule has 0 radical (unpaired) electrons. The third-order valence-corrected chi connectivity index (χ3v) is 4.42. The van der Waals surface area contributed by atoms with Crippen LogP contribution in [0.1, 0.15) is 26.7 Å². The van der Waals surface area contributed by atoms with Crippen LogP contribution in [-0.2, 0) is 0 Å². The molecule has 0 aromatic carbocycles. The molecule has 1 nitrogen and oxygen atoms in total. The van der Waals surface area contributed by atoms with Gasteiger partial charge in [-0.3, -0.25) is 0 Å². The van der Waals surface area contributed by atoms with Crippen LogP contribution in [0.25, 0.3) is 0 Å². The van der Waals surface area contributed by atoms with Gasteiger partial charge in [-0.05, 0) is 24.6 Å². The van der Waals surface area contributed by atoms with Crippen molar-refractivity contribution in [2.75, 3.05) is 13.1 Å². The summed E-state index contributed by atoms with van der Waals surface area (Å²) in [6.07, 6.45) is -6.58. The van der Waals surface area contributed by atoms with Gasteiger partial charge in [0.25, 0.3) is 0 Å². The molecule has 0 aromatic heterocycles. The second kappa shape index (κ2) is 8.23. The lowest BCUT2D eigenvalue weighted by molar-refractivity contribution is -0.412. The fourth-order valence-electron chi connectivity index (χ4n) is 1.63. The number of alkyl halides is 11. The lowest BCUT2D eigenvalue weighted by Gasteiger charge is -2.37. The first-order valence-electron chi connectivity index (χ1n) is 6.96. The fraction of sp³-hybridized carbons (Fsp3) is 0.917. The monoisotopic (exact) mass is 445 g/mol. The molecule has 0 atom stereocenters. The van der Waals surface area contributed by atoms with Crippen molar-refractivity contribution in [1.29, 1.82) is 0 Å². The van der Waals surface area contributed by atoms with Gasteiger partial charge in [0, 0.05) is 13.1 Å². The Balaban J connectivity index is 5.77. The summed E-state index contributed by atoms with van der Waals surface area (Å²) in [7, 11) is 0. The molecule has 0 aromatic rings. The summed E-state index contributed by atoms with van der Waals surface area (Å²) in [6, 6.07) is 0. The first kappa shape index (κ1) is 25.5. The van der Waals surface area contributed by atoms with Gasteiger partial charge in [0.05, 0.1) is 0 Å². The zero-order chi connectivity index (χ0) is 21.2. The van der Waals surface area contributed by atoms with E-state index in [4.69, 9.17) is 0 Å². The molecule has 0 aliphatic rings. The van der Waals surface area contributed by atoms with E-state index in [1.54, 1.807) is 13.8 Å². The third-order valence-electron chi connectivity index (χ3n) is 2.97. The fourth-order valence-corrected chi connectivity index (χ4v) is 2.91. The molecule has 0 rings (SSSR count). The molecule has 156 valence electrons. The van der Waals surface area contributed by atoms with Crippen LogP contribution in [-0.4, -0.2) is 51.5 Å². The molecule has 0 aliphatic carbocycles. The predicted octanol–water partition coefficient (Wildman–Crippen LogP) is 6.19. The Morgan fingerprint density at radius 2 is 1.12 bits per heavy atom. The van der Waals surface area contributed by atoms with Crippen LogP contribution in [0.15, 0.2) is 0 Å². The van der Waals surface area contributed by atoms with E-state index in [1.165, 1.54) is 0 Å². The van der Waals surface area contributed by atoms with Gasteiger partial charge < -0.3 is 4.90 Å². The minimum absolute atomic E-state index is 0.0313. The minimum Gasteiger partial charge on any atom is -0.357 e. The molecule has 0 saturated carbocycles. The molecule has 26 heavy (non-hydrogen) atoms. The van der Waals surface area contributed by atoms with E-state index in [-0.39, 0.29) is 13.1 Å². The summed E-state index contributed by atoms with van der Waals surface area (Å²) in [5.74, 6) is -21.8. The molecule has 0 amide bonds. The van der Waals surface area contributed by atoms with Crippen molar-refractivity contribution in [2.24, 2.45) is 0 Å². The van der Waals surface area contributed by atoms with Crippen molar-refractivity contribution in [3.63, 3.8) is 0 Å². The van der Waals surface area contributed by atoms with Gasteiger partial charge in [0.15, 0.2) is 0 Å². The number of rotatable bonds is 8. The summed E-state index contributed by atoms with van der Waals surface area (Å²) in [6.45, 7) is 3.05. The lowest BCUT2D eigenvalue weighted by Crippen LogP contribution is -2.65. The van der Waals surface area contributed by atoms with E-state index in [0.29, 0.717) is 12.8 Å². The second-order valence-corrected chi connectivity index (χ2v) is 6.84. The number of hydrogen-bond donors (Lipinski definition) is 0. The highest BCUT2D eigenvalue weighted by Gasteiger charge is 2.87. The zero-order valence-electron chi connectivity index (χ0n) is 13.2. The summed E-state index contributed by atoms with van der Waals surface area (Å²) in [4.78, 5) is 0.935. The Morgan fingerprint density at radius 3 is 1.42 bits per heavy atom. The molecular weight excluding hydrogens is 431 g/mol.